The van der Waals surface area contributed by atoms with E-state index in [0.717, 1.165) is 12.0 Å². The highest BCUT2D eigenvalue weighted by Gasteiger charge is 2.13. The van der Waals surface area contributed by atoms with Crippen molar-refractivity contribution in [1.29, 1.82) is 0 Å². The highest BCUT2D eigenvalue weighted by atomic mass is 35.5. The number of rotatable bonds is 4. The van der Waals surface area contributed by atoms with E-state index < -0.39 is 5.82 Å². The fourth-order valence-electron chi connectivity index (χ4n) is 2.08. The molecule has 0 aliphatic rings. The van der Waals surface area contributed by atoms with Gasteiger partial charge in [-0.3, -0.25) is 0 Å². The monoisotopic (exact) mass is 277 g/mol. The number of halogens is 2. The summed E-state index contributed by atoms with van der Waals surface area (Å²) in [7, 11) is 0. The van der Waals surface area contributed by atoms with Crippen LogP contribution < -0.4 is 5.73 Å². The fourth-order valence-corrected chi connectivity index (χ4v) is 2.35. The van der Waals surface area contributed by atoms with Crippen LogP contribution in [0, 0.1) is 5.82 Å². The Labute approximate surface area is 118 Å². The second-order valence-corrected chi connectivity index (χ2v) is 5.00. The fraction of sp³-hybridized carbons (Fsp3) is 0.250. The number of hydrogen-bond donors (Lipinski definition) is 1. The van der Waals surface area contributed by atoms with E-state index in [1.165, 1.54) is 11.6 Å². The van der Waals surface area contributed by atoms with Crippen molar-refractivity contribution in [2.24, 2.45) is 5.73 Å². The van der Waals surface area contributed by atoms with Gasteiger partial charge in [0, 0.05) is 6.04 Å². The topological polar surface area (TPSA) is 26.0 Å². The Bertz CT molecular complexity index is 551. The Kier molecular flexibility index (Phi) is 4.56. The highest BCUT2D eigenvalue weighted by molar-refractivity contribution is 6.31. The lowest BCUT2D eigenvalue weighted by molar-refractivity contribution is 0.619. The molecule has 100 valence electrons. The zero-order valence-corrected chi connectivity index (χ0v) is 11.6. The Hall–Kier alpha value is -1.38. The molecule has 0 saturated carbocycles. The standard InChI is InChI=1S/C16H17ClFN/c1-2-11-6-8-12(9-7-11)10-15(19)13-4-3-5-14(18)16(13)17/h3-9,15H,2,10,19H2,1H3. The Balaban J connectivity index is 2.15. The van der Waals surface area contributed by atoms with Gasteiger partial charge in [0.15, 0.2) is 0 Å². The first-order valence-electron chi connectivity index (χ1n) is 6.39. The molecule has 1 atom stereocenters. The van der Waals surface area contributed by atoms with E-state index in [1.54, 1.807) is 12.1 Å². The molecule has 3 heteroatoms. The van der Waals surface area contributed by atoms with Crippen molar-refractivity contribution in [2.45, 2.75) is 25.8 Å². The van der Waals surface area contributed by atoms with Crippen molar-refractivity contribution < 1.29 is 4.39 Å². The van der Waals surface area contributed by atoms with Gasteiger partial charge in [0.05, 0.1) is 5.02 Å². The molecule has 0 fully saturated rings. The Morgan fingerprint density at radius 3 is 2.37 bits per heavy atom. The van der Waals surface area contributed by atoms with Gasteiger partial charge in [0.25, 0.3) is 0 Å². The van der Waals surface area contributed by atoms with Crippen LogP contribution in [0.15, 0.2) is 42.5 Å². The normalized spacial score (nSPS) is 12.4. The Morgan fingerprint density at radius 2 is 1.74 bits per heavy atom. The van der Waals surface area contributed by atoms with Crippen molar-refractivity contribution in [3.8, 4) is 0 Å². The maximum atomic E-state index is 13.4. The summed E-state index contributed by atoms with van der Waals surface area (Å²) in [6.07, 6.45) is 1.66. The molecule has 2 N–H and O–H groups in total. The number of aryl methyl sites for hydroxylation is 1. The summed E-state index contributed by atoms with van der Waals surface area (Å²) in [4.78, 5) is 0. The van der Waals surface area contributed by atoms with Gasteiger partial charge < -0.3 is 5.73 Å². The van der Waals surface area contributed by atoms with Gasteiger partial charge in [-0.05, 0) is 35.6 Å². The molecule has 0 aliphatic carbocycles. The van der Waals surface area contributed by atoms with E-state index in [0.29, 0.717) is 12.0 Å². The lowest BCUT2D eigenvalue weighted by Crippen LogP contribution is -2.14. The molecule has 2 aromatic rings. The van der Waals surface area contributed by atoms with Gasteiger partial charge in [-0.2, -0.15) is 0 Å². The van der Waals surface area contributed by atoms with Gasteiger partial charge >= 0.3 is 0 Å². The van der Waals surface area contributed by atoms with E-state index in [-0.39, 0.29) is 11.1 Å². The molecular formula is C16H17ClFN. The molecule has 0 aliphatic heterocycles. The third-order valence-corrected chi connectivity index (χ3v) is 3.67. The average Bonchev–Trinajstić information content (AvgIpc) is 2.42. The molecule has 2 rings (SSSR count). The Morgan fingerprint density at radius 1 is 1.11 bits per heavy atom. The molecule has 0 heterocycles. The van der Waals surface area contributed by atoms with Crippen LogP contribution in [0.1, 0.15) is 29.7 Å². The summed E-state index contributed by atoms with van der Waals surface area (Å²) in [5.41, 5.74) is 9.19. The lowest BCUT2D eigenvalue weighted by atomic mass is 9.98. The molecule has 0 bridgehead atoms. The minimum Gasteiger partial charge on any atom is -0.324 e. The second kappa shape index (κ2) is 6.18. The van der Waals surface area contributed by atoms with Gasteiger partial charge in [0.2, 0.25) is 0 Å². The number of hydrogen-bond acceptors (Lipinski definition) is 1. The van der Waals surface area contributed by atoms with Crippen LogP contribution in [0.25, 0.3) is 0 Å². The van der Waals surface area contributed by atoms with E-state index in [2.05, 4.69) is 31.2 Å². The highest BCUT2D eigenvalue weighted by Crippen LogP contribution is 2.26. The molecule has 1 unspecified atom stereocenters. The second-order valence-electron chi connectivity index (χ2n) is 4.62. The molecule has 19 heavy (non-hydrogen) atoms. The minimum absolute atomic E-state index is 0.125. The van der Waals surface area contributed by atoms with Crippen molar-refractivity contribution >= 4 is 11.6 Å². The smallest absolute Gasteiger partial charge is 0.142 e. The summed E-state index contributed by atoms with van der Waals surface area (Å²) < 4.78 is 13.4. The summed E-state index contributed by atoms with van der Waals surface area (Å²) >= 11 is 5.95. The van der Waals surface area contributed by atoms with Crippen molar-refractivity contribution in [1.82, 2.24) is 0 Å². The number of nitrogens with two attached hydrogens (primary N) is 1. The maximum absolute atomic E-state index is 13.4. The lowest BCUT2D eigenvalue weighted by Gasteiger charge is -2.14. The van der Waals surface area contributed by atoms with Crippen LogP contribution in [-0.4, -0.2) is 0 Å². The van der Waals surface area contributed by atoms with Crippen molar-refractivity contribution in [2.75, 3.05) is 0 Å². The molecule has 0 amide bonds. The summed E-state index contributed by atoms with van der Waals surface area (Å²) in [5.74, 6) is -0.420. The molecule has 0 spiro atoms. The first kappa shape index (κ1) is 14.0. The zero-order chi connectivity index (χ0) is 13.8. The SMILES string of the molecule is CCc1ccc(CC(N)c2cccc(F)c2Cl)cc1. The number of benzene rings is 2. The largest absolute Gasteiger partial charge is 0.324 e. The summed E-state index contributed by atoms with van der Waals surface area (Å²) in [6, 6.07) is 12.8. The third-order valence-electron chi connectivity index (χ3n) is 3.27. The van der Waals surface area contributed by atoms with Crippen molar-refractivity contribution in [3.63, 3.8) is 0 Å². The van der Waals surface area contributed by atoms with E-state index >= 15 is 0 Å². The quantitative estimate of drug-likeness (QED) is 0.887. The molecule has 1 nitrogen and oxygen atoms in total. The molecule has 0 radical (unpaired) electrons. The van der Waals surface area contributed by atoms with Gasteiger partial charge in [-0.25, -0.2) is 4.39 Å². The molecule has 0 saturated heterocycles. The third kappa shape index (κ3) is 3.34. The minimum atomic E-state index is -0.420. The zero-order valence-electron chi connectivity index (χ0n) is 10.9. The van der Waals surface area contributed by atoms with E-state index in [1.807, 2.05) is 0 Å². The van der Waals surface area contributed by atoms with Crippen LogP contribution in [-0.2, 0) is 12.8 Å². The van der Waals surface area contributed by atoms with E-state index in [4.69, 9.17) is 17.3 Å². The summed E-state index contributed by atoms with van der Waals surface area (Å²) in [6.45, 7) is 2.12. The molecule has 0 aromatic heterocycles. The molecule has 2 aromatic carbocycles. The maximum Gasteiger partial charge on any atom is 0.142 e. The van der Waals surface area contributed by atoms with Crippen molar-refractivity contribution in [3.05, 3.63) is 70.0 Å². The van der Waals surface area contributed by atoms with Crippen LogP contribution in [0.4, 0.5) is 4.39 Å². The van der Waals surface area contributed by atoms with Gasteiger partial charge in [-0.15, -0.1) is 0 Å². The summed E-state index contributed by atoms with van der Waals surface area (Å²) in [5, 5.41) is 0.125. The van der Waals surface area contributed by atoms with Crippen LogP contribution in [0.3, 0.4) is 0 Å². The van der Waals surface area contributed by atoms with Crippen LogP contribution in [0.5, 0.6) is 0 Å². The molecular weight excluding hydrogens is 261 g/mol. The van der Waals surface area contributed by atoms with E-state index in [9.17, 15) is 4.39 Å². The van der Waals surface area contributed by atoms with Gasteiger partial charge in [0.1, 0.15) is 5.82 Å². The predicted molar refractivity (Wildman–Crippen MR) is 77.9 cm³/mol. The first-order valence-corrected chi connectivity index (χ1v) is 6.77. The van der Waals surface area contributed by atoms with Crippen LogP contribution >= 0.6 is 11.6 Å². The predicted octanol–water partition coefficient (Wildman–Crippen LogP) is 4.28. The first-order chi connectivity index (χ1) is 9.11. The van der Waals surface area contributed by atoms with Crippen LogP contribution in [0.2, 0.25) is 5.02 Å². The average molecular weight is 278 g/mol. The van der Waals surface area contributed by atoms with Gasteiger partial charge in [-0.1, -0.05) is 54.9 Å².